The minimum absolute atomic E-state index is 0.0137. The van der Waals surface area contributed by atoms with Crippen molar-refractivity contribution in [1.29, 1.82) is 5.26 Å². The normalized spacial score (nSPS) is 11.4. The lowest BCUT2D eigenvalue weighted by Crippen LogP contribution is -2.35. The van der Waals surface area contributed by atoms with Gasteiger partial charge in [-0.3, -0.25) is 9.59 Å². The lowest BCUT2D eigenvalue weighted by Gasteiger charge is -2.22. The summed E-state index contributed by atoms with van der Waals surface area (Å²) in [5.74, 6) is -1.22. The predicted octanol–water partition coefficient (Wildman–Crippen LogP) is 2.42. The van der Waals surface area contributed by atoms with Crippen molar-refractivity contribution in [2.75, 3.05) is 0 Å². The average Bonchev–Trinajstić information content (AvgIpc) is 3.21. The Hall–Kier alpha value is -3.18. The van der Waals surface area contributed by atoms with E-state index in [1.807, 2.05) is 6.07 Å². The minimum atomic E-state index is -0.958. The topological polar surface area (TPSA) is 122 Å². The molecule has 0 unspecified atom stereocenters. The monoisotopic (exact) mass is 368 g/mol. The molecule has 3 aromatic rings. The van der Waals surface area contributed by atoms with Crippen molar-refractivity contribution in [2.24, 2.45) is 11.1 Å². The number of hydrogen-bond donors (Lipinski definition) is 2. The molecule has 0 saturated carbocycles. The molecule has 0 radical (unpaired) electrons. The van der Waals surface area contributed by atoms with Gasteiger partial charge in [-0.2, -0.15) is 5.26 Å². The zero-order chi connectivity index (χ0) is 19.1. The van der Waals surface area contributed by atoms with Gasteiger partial charge in [-0.1, -0.05) is 6.07 Å². The fourth-order valence-corrected chi connectivity index (χ4v) is 3.31. The summed E-state index contributed by atoms with van der Waals surface area (Å²) >= 11 is 1.24. The number of carbonyl (C=O) groups excluding carboxylic acids is 2. The molecular weight excluding hydrogens is 352 g/mol. The third-order valence-electron chi connectivity index (χ3n) is 4.19. The average molecular weight is 368 g/mol. The summed E-state index contributed by atoms with van der Waals surface area (Å²) in [6, 6.07) is 8.41. The van der Waals surface area contributed by atoms with Gasteiger partial charge >= 0.3 is 0 Å². The molecule has 3 N–H and O–H groups in total. The minimum Gasteiger partial charge on any atom is -0.494 e. The van der Waals surface area contributed by atoms with E-state index >= 15 is 0 Å². The van der Waals surface area contributed by atoms with Crippen LogP contribution >= 0.6 is 11.3 Å². The first-order valence-corrected chi connectivity index (χ1v) is 8.64. The Morgan fingerprint density at radius 2 is 2.12 bits per heavy atom. The number of pyridine rings is 1. The number of aromatic nitrogens is 2. The van der Waals surface area contributed by atoms with Gasteiger partial charge in [0.1, 0.15) is 22.8 Å². The second-order valence-corrected chi connectivity index (χ2v) is 7.46. The summed E-state index contributed by atoms with van der Waals surface area (Å²) in [4.78, 5) is 29.2. The number of nitrogens with two attached hydrogens (primary N) is 1. The van der Waals surface area contributed by atoms with Crippen molar-refractivity contribution in [1.82, 2.24) is 9.55 Å². The molecule has 8 heteroatoms. The number of ketones is 1. The molecule has 0 saturated heterocycles. The van der Waals surface area contributed by atoms with E-state index < -0.39 is 11.3 Å². The van der Waals surface area contributed by atoms with Gasteiger partial charge in [-0.05, 0) is 37.4 Å². The van der Waals surface area contributed by atoms with Crippen LogP contribution in [0.3, 0.4) is 0 Å². The smallest absolute Gasteiger partial charge is 0.224 e. The van der Waals surface area contributed by atoms with Crippen molar-refractivity contribution < 1.29 is 14.7 Å². The van der Waals surface area contributed by atoms with E-state index in [9.17, 15) is 14.7 Å². The van der Waals surface area contributed by atoms with Crippen LogP contribution in [0.15, 0.2) is 29.6 Å². The van der Waals surface area contributed by atoms with Crippen molar-refractivity contribution >= 4 is 34.1 Å². The number of rotatable bonds is 5. The summed E-state index contributed by atoms with van der Waals surface area (Å²) in [7, 11) is 0. The summed E-state index contributed by atoms with van der Waals surface area (Å²) in [6.07, 6.45) is 0. The maximum Gasteiger partial charge on any atom is 0.224 e. The quantitative estimate of drug-likeness (QED) is 0.670. The molecule has 0 aliphatic rings. The molecule has 3 aromatic heterocycles. The lowest BCUT2D eigenvalue weighted by molar-refractivity contribution is -0.126. The molecule has 0 spiro atoms. The fraction of sp³-hybridized carbons (Fsp3) is 0.222. The third-order valence-corrected chi connectivity index (χ3v) is 5.06. The van der Waals surface area contributed by atoms with Crippen LogP contribution in [-0.4, -0.2) is 26.3 Å². The maximum absolute atomic E-state index is 12.9. The molecule has 3 rings (SSSR count). The Bertz CT molecular complexity index is 1060. The molecule has 0 bridgehead atoms. The van der Waals surface area contributed by atoms with E-state index in [-0.39, 0.29) is 35.0 Å². The predicted molar refractivity (Wildman–Crippen MR) is 96.8 cm³/mol. The van der Waals surface area contributed by atoms with Crippen molar-refractivity contribution in [2.45, 2.75) is 20.4 Å². The van der Waals surface area contributed by atoms with Gasteiger partial charge in [-0.25, -0.2) is 4.98 Å². The highest BCUT2D eigenvalue weighted by Crippen LogP contribution is 2.35. The van der Waals surface area contributed by atoms with Gasteiger partial charge in [0, 0.05) is 6.54 Å². The van der Waals surface area contributed by atoms with Crippen LogP contribution in [0.2, 0.25) is 0 Å². The Morgan fingerprint density at radius 3 is 2.69 bits per heavy atom. The van der Waals surface area contributed by atoms with Crippen LogP contribution in [0.5, 0.6) is 5.88 Å². The van der Waals surface area contributed by atoms with Gasteiger partial charge in [-0.15, -0.1) is 11.3 Å². The van der Waals surface area contributed by atoms with Crippen molar-refractivity contribution in [3.05, 3.63) is 45.8 Å². The third kappa shape index (κ3) is 2.82. The first kappa shape index (κ1) is 17.6. The second kappa shape index (κ2) is 6.28. The largest absolute Gasteiger partial charge is 0.494 e. The van der Waals surface area contributed by atoms with Gasteiger partial charge in [0.25, 0.3) is 0 Å². The van der Waals surface area contributed by atoms with E-state index in [1.165, 1.54) is 22.0 Å². The number of primary amides is 1. The van der Waals surface area contributed by atoms with E-state index in [1.54, 1.807) is 37.4 Å². The number of fused-ring (bicyclic) bond motifs is 1. The number of thiophene rings is 1. The molecule has 0 atom stereocenters. The molecule has 1 amide bonds. The molecule has 0 aliphatic heterocycles. The van der Waals surface area contributed by atoms with Crippen molar-refractivity contribution in [3.8, 4) is 11.9 Å². The van der Waals surface area contributed by atoms with Crippen LogP contribution in [0.4, 0.5) is 0 Å². The lowest BCUT2D eigenvalue weighted by atomic mass is 9.92. The molecule has 3 heterocycles. The number of carbonyl (C=O) groups is 2. The van der Waals surface area contributed by atoms with E-state index in [4.69, 9.17) is 11.0 Å². The number of aromatic hydroxyl groups is 1. The van der Waals surface area contributed by atoms with Gasteiger partial charge in [0.2, 0.25) is 17.6 Å². The molecular formula is C18H16N4O3S. The van der Waals surface area contributed by atoms with E-state index in [2.05, 4.69) is 4.98 Å². The Morgan fingerprint density at radius 1 is 1.38 bits per heavy atom. The summed E-state index contributed by atoms with van der Waals surface area (Å²) in [6.45, 7) is 3.37. The Labute approximate surface area is 153 Å². The highest BCUT2D eigenvalue weighted by atomic mass is 32.1. The van der Waals surface area contributed by atoms with E-state index in [0.717, 1.165) is 0 Å². The highest BCUT2D eigenvalue weighted by Gasteiger charge is 2.31. The first-order valence-electron chi connectivity index (χ1n) is 7.76. The Balaban J connectivity index is 2.27. The highest BCUT2D eigenvalue weighted by molar-refractivity contribution is 7.12. The number of nitrogens with zero attached hydrogens (tertiary/aromatic N) is 3. The fourth-order valence-electron chi connectivity index (χ4n) is 2.64. The molecule has 7 nitrogen and oxygen atoms in total. The Kier molecular flexibility index (Phi) is 4.26. The summed E-state index contributed by atoms with van der Waals surface area (Å²) in [5, 5.41) is 21.6. The summed E-state index contributed by atoms with van der Waals surface area (Å²) in [5.41, 5.74) is 5.31. The van der Waals surface area contributed by atoms with Crippen LogP contribution in [-0.2, 0) is 11.3 Å². The van der Waals surface area contributed by atoms with Gasteiger partial charge in [0.15, 0.2) is 0 Å². The molecule has 0 fully saturated rings. The van der Waals surface area contributed by atoms with Crippen molar-refractivity contribution in [3.63, 3.8) is 0 Å². The van der Waals surface area contributed by atoms with Gasteiger partial charge < -0.3 is 15.4 Å². The van der Waals surface area contributed by atoms with Crippen LogP contribution in [0.1, 0.15) is 34.8 Å². The molecule has 0 aliphatic carbocycles. The standard InChI is InChI=1S/C18H16N4O3S/c1-18(2,17(20)25)9-22-11-6-5-10(8-19)21-14(11)13(16(22)24)15(23)12-4-3-7-26-12/h3-7,24H,9H2,1-2H3,(H2,20,25). The van der Waals surface area contributed by atoms with Gasteiger partial charge in [0.05, 0.1) is 15.8 Å². The number of nitriles is 1. The zero-order valence-corrected chi connectivity index (χ0v) is 15.0. The van der Waals surface area contributed by atoms with Crippen LogP contribution in [0.25, 0.3) is 11.0 Å². The van der Waals surface area contributed by atoms with Crippen LogP contribution in [0, 0.1) is 16.7 Å². The zero-order valence-electron chi connectivity index (χ0n) is 14.2. The molecule has 132 valence electrons. The van der Waals surface area contributed by atoms with E-state index in [0.29, 0.717) is 10.4 Å². The summed E-state index contributed by atoms with van der Waals surface area (Å²) < 4.78 is 1.44. The molecule has 26 heavy (non-hydrogen) atoms. The second-order valence-electron chi connectivity index (χ2n) is 6.52. The maximum atomic E-state index is 12.9. The molecule has 0 aromatic carbocycles. The number of amides is 1. The SMILES string of the molecule is CC(C)(Cn1c(O)c(C(=O)c2cccs2)c2nc(C#N)ccc21)C(N)=O. The van der Waals surface area contributed by atoms with Crippen LogP contribution < -0.4 is 5.73 Å². The number of hydrogen-bond acceptors (Lipinski definition) is 6. The first-order chi connectivity index (χ1) is 12.3.